The number of rotatable bonds is 4. The zero-order chi connectivity index (χ0) is 13.1. The van der Waals surface area contributed by atoms with Crippen molar-refractivity contribution in [1.29, 1.82) is 0 Å². The second-order valence-corrected chi connectivity index (χ2v) is 5.54. The molecule has 1 N–H and O–H groups in total. The molecule has 0 bridgehead atoms. The molecular formula is C14H19ClN2O. The second kappa shape index (κ2) is 5.72. The molecule has 2 rings (SSSR count). The van der Waals surface area contributed by atoms with Crippen LogP contribution in [0.5, 0.6) is 0 Å². The molecular weight excluding hydrogens is 248 g/mol. The lowest BCUT2D eigenvalue weighted by molar-refractivity contribution is -0.128. The van der Waals surface area contributed by atoms with Gasteiger partial charge in [0.1, 0.15) is 6.17 Å². The molecule has 3 nitrogen and oxygen atoms in total. The molecule has 1 fully saturated rings. The van der Waals surface area contributed by atoms with Crippen molar-refractivity contribution in [3.05, 3.63) is 34.9 Å². The van der Waals surface area contributed by atoms with Gasteiger partial charge in [0.15, 0.2) is 0 Å². The van der Waals surface area contributed by atoms with Gasteiger partial charge in [0, 0.05) is 11.6 Å². The summed E-state index contributed by atoms with van der Waals surface area (Å²) in [5, 5.41) is 3.95. The molecule has 4 heteroatoms. The molecule has 1 aromatic rings. The van der Waals surface area contributed by atoms with Gasteiger partial charge in [0.25, 0.3) is 0 Å². The van der Waals surface area contributed by atoms with Gasteiger partial charge in [-0.2, -0.15) is 0 Å². The molecule has 1 aromatic carbocycles. The normalized spacial score (nSPS) is 19.9. The number of hydrogen-bond donors (Lipinski definition) is 1. The summed E-state index contributed by atoms with van der Waals surface area (Å²) in [4.78, 5) is 13.8. The van der Waals surface area contributed by atoms with Crippen molar-refractivity contribution in [3.63, 3.8) is 0 Å². The number of halogens is 1. The maximum Gasteiger partial charge on any atom is 0.238 e. The predicted molar refractivity (Wildman–Crippen MR) is 73.4 cm³/mol. The minimum absolute atomic E-state index is 0.0325. The van der Waals surface area contributed by atoms with Crippen molar-refractivity contribution in [3.8, 4) is 0 Å². The van der Waals surface area contributed by atoms with Gasteiger partial charge < -0.3 is 4.90 Å². The third-order valence-corrected chi connectivity index (χ3v) is 3.43. The lowest BCUT2D eigenvalue weighted by Crippen LogP contribution is -2.31. The van der Waals surface area contributed by atoms with E-state index in [0.29, 0.717) is 17.5 Å². The van der Waals surface area contributed by atoms with Gasteiger partial charge in [-0.05, 0) is 30.0 Å². The highest BCUT2D eigenvalue weighted by Crippen LogP contribution is 2.25. The van der Waals surface area contributed by atoms with Crippen molar-refractivity contribution in [2.24, 2.45) is 5.92 Å². The smallest absolute Gasteiger partial charge is 0.238 e. The molecule has 1 aliphatic rings. The zero-order valence-corrected chi connectivity index (χ0v) is 11.6. The summed E-state index contributed by atoms with van der Waals surface area (Å²) in [7, 11) is 0. The van der Waals surface area contributed by atoms with Gasteiger partial charge in [-0.1, -0.05) is 37.6 Å². The average molecular weight is 267 g/mol. The Bertz CT molecular complexity index is 434. The molecule has 1 atom stereocenters. The minimum Gasteiger partial charge on any atom is -0.322 e. The number of nitrogens with one attached hydrogen (secondary N) is 1. The molecule has 1 saturated heterocycles. The summed E-state index contributed by atoms with van der Waals surface area (Å²) in [5.74, 6) is 0.763. The van der Waals surface area contributed by atoms with Gasteiger partial charge in [-0.15, -0.1) is 0 Å². The molecule has 18 heavy (non-hydrogen) atoms. The standard InChI is InChI=1S/C14H19ClN2O/c1-10(2)6-7-17-13(18)9-16-14(17)11-4-3-5-12(15)8-11/h3-5,8,10,14,16H,6-7,9H2,1-2H3. The van der Waals surface area contributed by atoms with E-state index in [1.165, 1.54) is 0 Å². The Balaban J connectivity index is 2.13. The lowest BCUT2D eigenvalue weighted by atomic mass is 10.1. The number of hydrogen-bond acceptors (Lipinski definition) is 2. The van der Waals surface area contributed by atoms with E-state index in [0.717, 1.165) is 18.5 Å². The number of benzene rings is 1. The molecule has 0 radical (unpaired) electrons. The second-order valence-electron chi connectivity index (χ2n) is 5.11. The van der Waals surface area contributed by atoms with Crippen LogP contribution in [0, 0.1) is 5.92 Å². The monoisotopic (exact) mass is 266 g/mol. The Morgan fingerprint density at radius 1 is 1.50 bits per heavy atom. The van der Waals surface area contributed by atoms with Crippen molar-refractivity contribution in [1.82, 2.24) is 10.2 Å². The topological polar surface area (TPSA) is 32.3 Å². The van der Waals surface area contributed by atoms with Crippen molar-refractivity contribution in [2.45, 2.75) is 26.4 Å². The Labute approximate surface area is 113 Å². The van der Waals surface area contributed by atoms with Crippen LogP contribution in [-0.4, -0.2) is 23.9 Å². The Hall–Kier alpha value is -1.06. The van der Waals surface area contributed by atoms with Crippen LogP contribution in [0.15, 0.2) is 24.3 Å². The average Bonchev–Trinajstić information content (AvgIpc) is 2.68. The van der Waals surface area contributed by atoms with E-state index in [1.807, 2.05) is 29.2 Å². The highest BCUT2D eigenvalue weighted by molar-refractivity contribution is 6.30. The molecule has 0 aromatic heterocycles. The molecule has 0 saturated carbocycles. The van der Waals surface area contributed by atoms with E-state index < -0.39 is 0 Å². The third kappa shape index (κ3) is 3.03. The van der Waals surface area contributed by atoms with Crippen LogP contribution in [0.3, 0.4) is 0 Å². The third-order valence-electron chi connectivity index (χ3n) is 3.19. The zero-order valence-electron chi connectivity index (χ0n) is 10.8. The van der Waals surface area contributed by atoms with Crippen molar-refractivity contribution in [2.75, 3.05) is 13.1 Å². The Morgan fingerprint density at radius 2 is 2.28 bits per heavy atom. The highest BCUT2D eigenvalue weighted by Gasteiger charge is 2.31. The van der Waals surface area contributed by atoms with Crippen LogP contribution in [-0.2, 0) is 4.79 Å². The summed E-state index contributed by atoms with van der Waals surface area (Å²) in [6.45, 7) is 5.54. The first-order chi connectivity index (χ1) is 8.58. The van der Waals surface area contributed by atoms with Crippen LogP contribution in [0.1, 0.15) is 32.0 Å². The summed E-state index contributed by atoms with van der Waals surface area (Å²) < 4.78 is 0. The van der Waals surface area contributed by atoms with E-state index in [4.69, 9.17) is 11.6 Å². The van der Waals surface area contributed by atoms with E-state index in [9.17, 15) is 4.79 Å². The summed E-state index contributed by atoms with van der Waals surface area (Å²) in [6.07, 6.45) is 0.986. The van der Waals surface area contributed by atoms with Crippen LogP contribution in [0.4, 0.5) is 0 Å². The number of nitrogens with zero attached hydrogens (tertiary/aromatic N) is 1. The Kier molecular flexibility index (Phi) is 4.25. The molecule has 1 unspecified atom stereocenters. The Morgan fingerprint density at radius 3 is 2.94 bits per heavy atom. The fourth-order valence-corrected chi connectivity index (χ4v) is 2.36. The number of carbonyl (C=O) groups is 1. The van der Waals surface area contributed by atoms with Crippen LogP contribution < -0.4 is 5.32 Å². The number of amides is 1. The fourth-order valence-electron chi connectivity index (χ4n) is 2.17. The van der Waals surface area contributed by atoms with Crippen molar-refractivity contribution < 1.29 is 4.79 Å². The highest BCUT2D eigenvalue weighted by atomic mass is 35.5. The van der Waals surface area contributed by atoms with Gasteiger partial charge in [-0.25, -0.2) is 0 Å². The lowest BCUT2D eigenvalue weighted by Gasteiger charge is -2.25. The minimum atomic E-state index is -0.0325. The molecule has 0 spiro atoms. The molecule has 98 valence electrons. The van der Waals surface area contributed by atoms with Crippen LogP contribution in [0.2, 0.25) is 5.02 Å². The fraction of sp³-hybridized carbons (Fsp3) is 0.500. The van der Waals surface area contributed by atoms with Gasteiger partial charge >= 0.3 is 0 Å². The molecule has 1 amide bonds. The summed E-state index contributed by atoms with van der Waals surface area (Å²) in [5.41, 5.74) is 1.05. The molecule has 0 aliphatic carbocycles. The van der Waals surface area contributed by atoms with Crippen LogP contribution in [0.25, 0.3) is 0 Å². The van der Waals surface area contributed by atoms with Gasteiger partial charge in [-0.3, -0.25) is 10.1 Å². The quantitative estimate of drug-likeness (QED) is 0.909. The SMILES string of the molecule is CC(C)CCN1C(=O)CNC1c1cccc(Cl)c1. The predicted octanol–water partition coefficient (Wildman–Crippen LogP) is 2.82. The maximum atomic E-state index is 11.9. The summed E-state index contributed by atoms with van der Waals surface area (Å²) >= 11 is 6.00. The van der Waals surface area contributed by atoms with E-state index in [1.54, 1.807) is 0 Å². The first-order valence-electron chi connectivity index (χ1n) is 6.36. The van der Waals surface area contributed by atoms with E-state index >= 15 is 0 Å². The largest absolute Gasteiger partial charge is 0.322 e. The maximum absolute atomic E-state index is 11.9. The van der Waals surface area contributed by atoms with Crippen molar-refractivity contribution >= 4 is 17.5 Å². The number of carbonyl (C=O) groups excluding carboxylic acids is 1. The van der Waals surface area contributed by atoms with E-state index in [2.05, 4.69) is 19.2 Å². The van der Waals surface area contributed by atoms with Crippen LogP contribution >= 0.6 is 11.6 Å². The van der Waals surface area contributed by atoms with Gasteiger partial charge in [0.2, 0.25) is 5.91 Å². The first-order valence-corrected chi connectivity index (χ1v) is 6.74. The summed E-state index contributed by atoms with van der Waals surface area (Å²) in [6, 6.07) is 7.69. The first kappa shape index (κ1) is 13.4. The van der Waals surface area contributed by atoms with Gasteiger partial charge in [0.05, 0.1) is 6.54 Å². The van der Waals surface area contributed by atoms with E-state index in [-0.39, 0.29) is 12.1 Å². The molecule has 1 heterocycles. The molecule has 1 aliphatic heterocycles.